The highest BCUT2D eigenvalue weighted by Gasteiger charge is 2.18. The zero-order chi connectivity index (χ0) is 14.8. The van der Waals surface area contributed by atoms with Crippen LogP contribution in [0.1, 0.15) is 33.3 Å². The van der Waals surface area contributed by atoms with E-state index in [1.54, 1.807) is 0 Å². The Labute approximate surface area is 120 Å². The van der Waals surface area contributed by atoms with Crippen LogP contribution >= 0.6 is 0 Å². The van der Waals surface area contributed by atoms with Gasteiger partial charge in [-0.15, -0.1) is 0 Å². The quantitative estimate of drug-likeness (QED) is 0.931. The number of nitrogens with zero attached hydrogens (tertiary/aromatic N) is 2. The minimum atomic E-state index is -0.104. The first-order chi connectivity index (χ1) is 9.45. The summed E-state index contributed by atoms with van der Waals surface area (Å²) in [4.78, 5) is 0. The van der Waals surface area contributed by atoms with E-state index >= 15 is 0 Å². The summed E-state index contributed by atoms with van der Waals surface area (Å²) in [6.45, 7) is 8.86. The first kappa shape index (κ1) is 14.6. The van der Waals surface area contributed by atoms with Crippen LogP contribution in [-0.2, 0) is 12.1 Å². The van der Waals surface area contributed by atoms with E-state index in [4.69, 9.17) is 4.74 Å². The number of aliphatic hydroxyl groups excluding tert-OH is 1. The Bertz CT molecular complexity index is 565. The van der Waals surface area contributed by atoms with E-state index in [2.05, 4.69) is 25.9 Å². The van der Waals surface area contributed by atoms with Crippen molar-refractivity contribution >= 4 is 0 Å². The van der Waals surface area contributed by atoms with E-state index in [1.807, 2.05) is 42.1 Å². The van der Waals surface area contributed by atoms with Crippen LogP contribution in [0.4, 0.5) is 0 Å². The minimum Gasteiger partial charge on any atom is -0.494 e. The van der Waals surface area contributed by atoms with Crippen molar-refractivity contribution in [2.45, 2.75) is 39.8 Å². The topological polar surface area (TPSA) is 47.3 Å². The average Bonchev–Trinajstić information content (AvgIpc) is 2.84. The van der Waals surface area contributed by atoms with Crippen LogP contribution in [0, 0.1) is 0 Å². The molecule has 1 aromatic carbocycles. The normalized spacial score (nSPS) is 11.7. The number of benzene rings is 1. The fourth-order valence-electron chi connectivity index (χ4n) is 1.99. The highest BCUT2D eigenvalue weighted by molar-refractivity contribution is 5.63. The molecule has 1 aromatic heterocycles. The third-order valence-electron chi connectivity index (χ3n) is 3.09. The summed E-state index contributed by atoms with van der Waals surface area (Å²) < 4.78 is 7.33. The number of hydrogen-bond acceptors (Lipinski definition) is 3. The molecular formula is C16H22N2O2. The largest absolute Gasteiger partial charge is 0.494 e. The lowest BCUT2D eigenvalue weighted by atomic mass is 10.1. The molecule has 108 valence electrons. The summed E-state index contributed by atoms with van der Waals surface area (Å²) in [5, 5.41) is 14.1. The van der Waals surface area contributed by atoms with Crippen molar-refractivity contribution in [3.8, 4) is 17.0 Å². The van der Waals surface area contributed by atoms with Crippen molar-refractivity contribution in [2.75, 3.05) is 6.61 Å². The van der Waals surface area contributed by atoms with Gasteiger partial charge in [-0.2, -0.15) is 5.10 Å². The van der Waals surface area contributed by atoms with Gasteiger partial charge in [0.25, 0.3) is 0 Å². The second kappa shape index (κ2) is 5.67. The van der Waals surface area contributed by atoms with Gasteiger partial charge in [0.1, 0.15) is 5.75 Å². The van der Waals surface area contributed by atoms with Crippen molar-refractivity contribution in [1.82, 2.24) is 9.78 Å². The van der Waals surface area contributed by atoms with Gasteiger partial charge < -0.3 is 9.84 Å². The lowest BCUT2D eigenvalue weighted by molar-refractivity contribution is 0.281. The Balaban J connectivity index is 2.38. The van der Waals surface area contributed by atoms with Crippen molar-refractivity contribution in [3.63, 3.8) is 0 Å². The maximum Gasteiger partial charge on any atom is 0.119 e. The summed E-state index contributed by atoms with van der Waals surface area (Å²) in [5.74, 6) is 0.844. The molecule has 1 N–H and O–H groups in total. The highest BCUT2D eigenvalue weighted by Crippen LogP contribution is 2.26. The van der Waals surface area contributed by atoms with E-state index in [0.29, 0.717) is 6.61 Å². The SMILES string of the molecule is CCOc1ccc(-c2nn(C(C)(C)C)cc2CO)cc1. The highest BCUT2D eigenvalue weighted by atomic mass is 16.5. The molecule has 0 unspecified atom stereocenters. The predicted molar refractivity (Wildman–Crippen MR) is 79.8 cm³/mol. The lowest BCUT2D eigenvalue weighted by Crippen LogP contribution is -2.22. The van der Waals surface area contributed by atoms with Gasteiger partial charge >= 0.3 is 0 Å². The van der Waals surface area contributed by atoms with Crippen LogP contribution in [0.3, 0.4) is 0 Å². The maximum absolute atomic E-state index is 9.52. The zero-order valence-corrected chi connectivity index (χ0v) is 12.6. The number of hydrogen-bond donors (Lipinski definition) is 1. The van der Waals surface area contributed by atoms with Gasteiger partial charge in [0.15, 0.2) is 0 Å². The number of aromatic nitrogens is 2. The first-order valence-corrected chi connectivity index (χ1v) is 6.89. The molecule has 0 aliphatic carbocycles. The number of aliphatic hydroxyl groups is 1. The average molecular weight is 274 g/mol. The Kier molecular flexibility index (Phi) is 4.14. The van der Waals surface area contributed by atoms with Crippen LogP contribution in [0.15, 0.2) is 30.5 Å². The molecule has 0 bridgehead atoms. The summed E-state index contributed by atoms with van der Waals surface area (Å²) in [6.07, 6.45) is 1.91. The van der Waals surface area contributed by atoms with Gasteiger partial charge in [-0.3, -0.25) is 4.68 Å². The zero-order valence-electron chi connectivity index (χ0n) is 12.6. The van der Waals surface area contributed by atoms with Gasteiger partial charge in [0, 0.05) is 17.3 Å². The summed E-state index contributed by atoms with van der Waals surface area (Å²) in [7, 11) is 0. The van der Waals surface area contributed by atoms with Crippen LogP contribution in [0.2, 0.25) is 0 Å². The second-order valence-corrected chi connectivity index (χ2v) is 5.73. The third-order valence-corrected chi connectivity index (χ3v) is 3.09. The molecule has 0 atom stereocenters. The van der Waals surface area contributed by atoms with E-state index in [0.717, 1.165) is 22.6 Å². The van der Waals surface area contributed by atoms with Crippen molar-refractivity contribution in [2.24, 2.45) is 0 Å². The van der Waals surface area contributed by atoms with E-state index in [9.17, 15) is 5.11 Å². The van der Waals surface area contributed by atoms with Crippen molar-refractivity contribution in [1.29, 1.82) is 0 Å². The van der Waals surface area contributed by atoms with Gasteiger partial charge in [-0.1, -0.05) is 0 Å². The molecule has 4 nitrogen and oxygen atoms in total. The van der Waals surface area contributed by atoms with E-state index in [1.165, 1.54) is 0 Å². The molecule has 0 radical (unpaired) electrons. The molecule has 2 aromatic rings. The van der Waals surface area contributed by atoms with Gasteiger partial charge in [0.2, 0.25) is 0 Å². The maximum atomic E-state index is 9.52. The Morgan fingerprint density at radius 2 is 1.85 bits per heavy atom. The molecule has 0 fully saturated rings. The first-order valence-electron chi connectivity index (χ1n) is 6.89. The molecule has 2 rings (SSSR count). The fourth-order valence-corrected chi connectivity index (χ4v) is 1.99. The standard InChI is InChI=1S/C16H22N2O2/c1-5-20-14-8-6-12(7-9-14)15-13(11-19)10-18(17-15)16(2,3)4/h6-10,19H,5,11H2,1-4H3. The summed E-state index contributed by atoms with van der Waals surface area (Å²) >= 11 is 0. The van der Waals surface area contributed by atoms with Crippen LogP contribution < -0.4 is 4.74 Å². The minimum absolute atomic E-state index is 0.0153. The molecular weight excluding hydrogens is 252 g/mol. The van der Waals surface area contributed by atoms with Gasteiger partial charge in [-0.25, -0.2) is 0 Å². The fraction of sp³-hybridized carbons (Fsp3) is 0.438. The molecule has 20 heavy (non-hydrogen) atoms. The molecule has 0 saturated carbocycles. The Morgan fingerprint density at radius 3 is 2.35 bits per heavy atom. The van der Waals surface area contributed by atoms with Gasteiger partial charge in [-0.05, 0) is 52.0 Å². The van der Waals surface area contributed by atoms with Crippen LogP contribution in [0.25, 0.3) is 11.3 Å². The smallest absolute Gasteiger partial charge is 0.119 e. The molecule has 0 saturated heterocycles. The molecule has 0 aliphatic heterocycles. The second-order valence-electron chi connectivity index (χ2n) is 5.73. The molecule has 4 heteroatoms. The van der Waals surface area contributed by atoms with Crippen molar-refractivity contribution in [3.05, 3.63) is 36.0 Å². The van der Waals surface area contributed by atoms with Crippen LogP contribution in [-0.4, -0.2) is 21.5 Å². The molecule has 1 heterocycles. The van der Waals surface area contributed by atoms with Crippen molar-refractivity contribution < 1.29 is 9.84 Å². The van der Waals surface area contributed by atoms with Gasteiger partial charge in [0.05, 0.1) is 24.4 Å². The van der Waals surface area contributed by atoms with E-state index < -0.39 is 0 Å². The summed E-state index contributed by atoms with van der Waals surface area (Å²) in [5.41, 5.74) is 2.54. The molecule has 0 aliphatic rings. The Morgan fingerprint density at radius 1 is 1.20 bits per heavy atom. The summed E-state index contributed by atoms with van der Waals surface area (Å²) in [6, 6.07) is 7.80. The monoisotopic (exact) mass is 274 g/mol. The van der Waals surface area contributed by atoms with E-state index in [-0.39, 0.29) is 12.1 Å². The Hall–Kier alpha value is -1.81. The van der Waals surface area contributed by atoms with Crippen LogP contribution in [0.5, 0.6) is 5.75 Å². The predicted octanol–water partition coefficient (Wildman–Crippen LogP) is 3.20. The number of ether oxygens (including phenoxy) is 1. The molecule has 0 spiro atoms. The molecule has 0 amide bonds. The number of rotatable bonds is 4. The third kappa shape index (κ3) is 3.02. The lowest BCUT2D eigenvalue weighted by Gasteiger charge is -2.18.